The van der Waals surface area contributed by atoms with Gasteiger partial charge in [-0.05, 0) is 80.7 Å². The number of nitrogens with one attached hydrogen (secondary N) is 1. The Morgan fingerprint density at radius 3 is 2.39 bits per heavy atom. The van der Waals surface area contributed by atoms with Crippen molar-refractivity contribution in [3.05, 3.63) is 59.2 Å². The largest absolute Gasteiger partial charge is 0.493 e. The molecule has 0 radical (unpaired) electrons. The summed E-state index contributed by atoms with van der Waals surface area (Å²) in [6, 6.07) is 14.1. The van der Waals surface area contributed by atoms with Crippen LogP contribution in [-0.2, 0) is 22.3 Å². The average Bonchev–Trinajstić information content (AvgIpc) is 3.78. The number of hydrogen-bond donors (Lipinski definition) is 1. The minimum Gasteiger partial charge on any atom is -0.493 e. The lowest BCUT2D eigenvalue weighted by atomic mass is 9.90. The average molecular weight is 608 g/mol. The molecule has 3 atom stereocenters. The first kappa shape index (κ1) is 32.1. The van der Waals surface area contributed by atoms with Gasteiger partial charge in [0.25, 0.3) is 5.91 Å². The van der Waals surface area contributed by atoms with Crippen LogP contribution in [0.4, 0.5) is 4.79 Å². The van der Waals surface area contributed by atoms with Crippen molar-refractivity contribution in [2.75, 3.05) is 53.6 Å². The highest BCUT2D eigenvalue weighted by Crippen LogP contribution is 2.33. The fourth-order valence-electron chi connectivity index (χ4n) is 6.46. The zero-order valence-electron chi connectivity index (χ0n) is 26.8. The lowest BCUT2D eigenvalue weighted by Gasteiger charge is -2.34. The van der Waals surface area contributed by atoms with Crippen molar-refractivity contribution in [2.45, 2.75) is 70.6 Å². The molecule has 0 bridgehead atoms. The van der Waals surface area contributed by atoms with Crippen molar-refractivity contribution in [2.24, 2.45) is 11.8 Å². The number of nitrogens with zero attached hydrogens (tertiary/aromatic N) is 2. The summed E-state index contributed by atoms with van der Waals surface area (Å²) in [6.07, 6.45) is 5.12. The second-order valence-electron chi connectivity index (χ2n) is 12.7. The van der Waals surface area contributed by atoms with Crippen molar-refractivity contribution in [1.29, 1.82) is 0 Å². The summed E-state index contributed by atoms with van der Waals surface area (Å²) in [5.41, 5.74) is 3.22. The van der Waals surface area contributed by atoms with Crippen LogP contribution in [0.15, 0.2) is 42.5 Å². The van der Waals surface area contributed by atoms with E-state index in [0.29, 0.717) is 43.4 Å². The first-order valence-electron chi connectivity index (χ1n) is 16.2. The van der Waals surface area contributed by atoms with Crippen LogP contribution >= 0.6 is 0 Å². The van der Waals surface area contributed by atoms with Gasteiger partial charge in [0, 0.05) is 70.4 Å². The highest BCUT2D eigenvalue weighted by Gasteiger charge is 2.40. The molecule has 1 saturated carbocycles. The molecule has 44 heavy (non-hydrogen) atoms. The molecule has 2 aliphatic carbocycles. The molecule has 1 aliphatic heterocycles. The number of carbonyl (C=O) groups excluding carboxylic acids is 2. The molecule has 0 spiro atoms. The summed E-state index contributed by atoms with van der Waals surface area (Å²) in [4.78, 5) is 31.3. The monoisotopic (exact) mass is 607 g/mol. The third-order valence-electron chi connectivity index (χ3n) is 9.18. The Morgan fingerprint density at radius 1 is 0.932 bits per heavy atom. The molecule has 1 saturated heterocycles. The molecule has 3 aliphatic rings. The van der Waals surface area contributed by atoms with Gasteiger partial charge in [0.2, 0.25) is 0 Å². The van der Waals surface area contributed by atoms with Gasteiger partial charge in [0.1, 0.15) is 6.10 Å². The van der Waals surface area contributed by atoms with Gasteiger partial charge in [-0.15, -0.1) is 0 Å². The fourth-order valence-corrected chi connectivity index (χ4v) is 6.46. The summed E-state index contributed by atoms with van der Waals surface area (Å²) in [7, 11) is 3.26. The van der Waals surface area contributed by atoms with E-state index in [2.05, 4.69) is 43.4 Å². The van der Waals surface area contributed by atoms with Gasteiger partial charge in [-0.1, -0.05) is 24.3 Å². The third kappa shape index (κ3) is 8.04. The van der Waals surface area contributed by atoms with Crippen LogP contribution in [0.2, 0.25) is 0 Å². The molecule has 240 valence electrons. The van der Waals surface area contributed by atoms with Crippen molar-refractivity contribution >= 4 is 12.0 Å². The van der Waals surface area contributed by atoms with Gasteiger partial charge in [-0.3, -0.25) is 4.79 Å². The second kappa shape index (κ2) is 15.1. The molecule has 2 fully saturated rings. The normalized spacial score (nSPS) is 21.1. The van der Waals surface area contributed by atoms with E-state index in [-0.39, 0.29) is 42.0 Å². The zero-order chi connectivity index (χ0) is 31.1. The van der Waals surface area contributed by atoms with Crippen molar-refractivity contribution < 1.29 is 28.5 Å². The molecule has 5 rings (SSSR count). The molecule has 2 aromatic rings. The molecule has 0 aromatic heterocycles. The highest BCUT2D eigenvalue weighted by atomic mass is 16.6. The van der Waals surface area contributed by atoms with E-state index in [1.165, 1.54) is 11.1 Å². The first-order chi connectivity index (χ1) is 21.4. The molecule has 9 nitrogen and oxygen atoms in total. The molecule has 2 aromatic carbocycles. The lowest BCUT2D eigenvalue weighted by Crippen LogP contribution is -2.45. The molecule has 2 amide bonds. The standard InChI is InChI=1S/C35H49N3O6/c1-24(2)37(34(39)27-11-15-32(42-4)33(19-27)43-17-7-16-41-3)22-28-20-36-21-29(28)23-38(30-12-13-30)35(40)44-31-14-10-25-8-5-6-9-26(25)18-31/h5-6,8-9,11,15,19,24,28-31,36H,7,10,12-14,16-18,20-23H2,1-4H3/t28-,29-,31+/m0/s1. The number of amides is 2. The molecule has 1 heterocycles. The van der Waals surface area contributed by atoms with Gasteiger partial charge < -0.3 is 34.1 Å². The number of benzene rings is 2. The predicted octanol–water partition coefficient (Wildman–Crippen LogP) is 4.96. The maximum Gasteiger partial charge on any atom is 0.410 e. The number of hydrogen-bond acceptors (Lipinski definition) is 7. The lowest BCUT2D eigenvalue weighted by molar-refractivity contribution is 0.0463. The van der Waals surface area contributed by atoms with Crippen LogP contribution in [0.3, 0.4) is 0 Å². The Hall–Kier alpha value is -3.30. The second-order valence-corrected chi connectivity index (χ2v) is 12.7. The van der Waals surface area contributed by atoms with Gasteiger partial charge in [0.05, 0.1) is 13.7 Å². The predicted molar refractivity (Wildman–Crippen MR) is 169 cm³/mol. The number of fused-ring (bicyclic) bond motifs is 1. The smallest absolute Gasteiger partial charge is 0.410 e. The van der Waals surface area contributed by atoms with Crippen molar-refractivity contribution in [3.63, 3.8) is 0 Å². The van der Waals surface area contributed by atoms with Crippen LogP contribution in [0.5, 0.6) is 11.5 Å². The first-order valence-corrected chi connectivity index (χ1v) is 16.2. The Kier molecular flexibility index (Phi) is 11.0. The van der Waals surface area contributed by atoms with Gasteiger partial charge in [-0.25, -0.2) is 4.79 Å². The SMILES string of the molecule is COCCCOc1cc(C(=O)N(C[C@@H]2CNC[C@H]2CN(C(=O)O[C@@H]2CCc3ccccc3C2)C2CC2)C(C)C)ccc1OC. The van der Waals surface area contributed by atoms with Gasteiger partial charge >= 0.3 is 6.09 Å². The van der Waals surface area contributed by atoms with Crippen LogP contribution < -0.4 is 14.8 Å². The zero-order valence-corrected chi connectivity index (χ0v) is 26.8. The number of rotatable bonds is 14. The minimum absolute atomic E-state index is 0.00982. The third-order valence-corrected chi connectivity index (χ3v) is 9.18. The quantitative estimate of drug-likeness (QED) is 0.304. The van der Waals surface area contributed by atoms with Crippen molar-refractivity contribution in [3.8, 4) is 11.5 Å². The summed E-state index contributed by atoms with van der Waals surface area (Å²) < 4.78 is 22.7. The van der Waals surface area contributed by atoms with Crippen molar-refractivity contribution in [1.82, 2.24) is 15.1 Å². The fraction of sp³-hybridized carbons (Fsp3) is 0.600. The van der Waals surface area contributed by atoms with E-state index < -0.39 is 0 Å². The van der Waals surface area contributed by atoms with E-state index in [9.17, 15) is 9.59 Å². The van der Waals surface area contributed by atoms with Gasteiger partial charge in [-0.2, -0.15) is 0 Å². The Balaban J connectivity index is 1.22. The van der Waals surface area contributed by atoms with Gasteiger partial charge in [0.15, 0.2) is 11.5 Å². The summed E-state index contributed by atoms with van der Waals surface area (Å²) in [5, 5.41) is 3.54. The van der Waals surface area contributed by atoms with E-state index >= 15 is 0 Å². The molecular formula is C35H49N3O6. The van der Waals surface area contributed by atoms with E-state index in [1.54, 1.807) is 32.4 Å². The van der Waals surface area contributed by atoms with Crippen LogP contribution in [0.1, 0.15) is 61.0 Å². The van der Waals surface area contributed by atoms with Crippen LogP contribution in [0.25, 0.3) is 0 Å². The number of aryl methyl sites for hydroxylation is 1. The molecule has 1 N–H and O–H groups in total. The highest BCUT2D eigenvalue weighted by molar-refractivity contribution is 5.95. The van der Waals surface area contributed by atoms with Crippen LogP contribution in [0, 0.1) is 11.8 Å². The summed E-state index contributed by atoms with van der Waals surface area (Å²) in [5.74, 6) is 1.57. The molecule has 9 heteroatoms. The maximum absolute atomic E-state index is 13.9. The topological polar surface area (TPSA) is 89.6 Å². The summed E-state index contributed by atoms with van der Waals surface area (Å²) >= 11 is 0. The number of carbonyl (C=O) groups is 2. The molecule has 0 unspecified atom stereocenters. The Bertz CT molecular complexity index is 1260. The Labute approximate surface area is 262 Å². The van der Waals surface area contributed by atoms with E-state index in [1.807, 2.05) is 9.80 Å². The van der Waals surface area contributed by atoms with E-state index in [0.717, 1.165) is 51.6 Å². The number of ether oxygens (including phenoxy) is 4. The Morgan fingerprint density at radius 2 is 1.68 bits per heavy atom. The minimum atomic E-state index is -0.185. The number of methoxy groups -OCH3 is 2. The maximum atomic E-state index is 13.9. The molecular weight excluding hydrogens is 558 g/mol. The van der Waals surface area contributed by atoms with E-state index in [4.69, 9.17) is 18.9 Å². The summed E-state index contributed by atoms with van der Waals surface area (Å²) in [6.45, 7) is 8.06. The van der Waals surface area contributed by atoms with Crippen LogP contribution in [-0.4, -0.2) is 93.6 Å².